The highest BCUT2D eigenvalue weighted by Gasteiger charge is 2.37. The molecule has 0 bridgehead atoms. The average Bonchev–Trinajstić information content (AvgIpc) is 3.43. The molecule has 4 rings (SSSR count). The predicted molar refractivity (Wildman–Crippen MR) is 125 cm³/mol. The van der Waals surface area contributed by atoms with Crippen molar-refractivity contribution >= 4 is 11.8 Å². The van der Waals surface area contributed by atoms with Crippen molar-refractivity contribution < 1.29 is 28.2 Å². The molecule has 1 aromatic carbocycles. The van der Waals surface area contributed by atoms with Gasteiger partial charge in [-0.1, -0.05) is 6.07 Å². The van der Waals surface area contributed by atoms with E-state index in [-0.39, 0.29) is 17.6 Å². The molecule has 9 heteroatoms. The molecule has 2 fully saturated rings. The Balaban J connectivity index is 1.39. The van der Waals surface area contributed by atoms with E-state index in [1.807, 2.05) is 17.0 Å². The Morgan fingerprint density at radius 1 is 0.941 bits per heavy atom. The van der Waals surface area contributed by atoms with E-state index in [1.165, 1.54) is 6.26 Å². The van der Waals surface area contributed by atoms with Crippen LogP contribution in [0.4, 0.5) is 0 Å². The van der Waals surface area contributed by atoms with Crippen LogP contribution < -0.4 is 14.2 Å². The van der Waals surface area contributed by atoms with Gasteiger partial charge in [-0.25, -0.2) is 0 Å². The number of hydrogen-bond donors (Lipinski definition) is 0. The van der Waals surface area contributed by atoms with Crippen molar-refractivity contribution in [2.24, 2.45) is 0 Å². The van der Waals surface area contributed by atoms with E-state index < -0.39 is 6.04 Å². The van der Waals surface area contributed by atoms with Crippen molar-refractivity contribution in [3.63, 3.8) is 0 Å². The summed E-state index contributed by atoms with van der Waals surface area (Å²) in [6, 6.07) is 6.78. The van der Waals surface area contributed by atoms with Gasteiger partial charge in [0.25, 0.3) is 5.91 Å². The van der Waals surface area contributed by atoms with Gasteiger partial charge in [-0.3, -0.25) is 14.5 Å². The van der Waals surface area contributed by atoms with Crippen LogP contribution in [0.15, 0.2) is 34.9 Å². The zero-order valence-corrected chi connectivity index (χ0v) is 20.1. The number of likely N-dealkylation sites (tertiary alicyclic amines) is 1. The topological polar surface area (TPSA) is 84.7 Å². The molecular formula is C25H33N3O6. The minimum absolute atomic E-state index is 0.0305. The van der Waals surface area contributed by atoms with Crippen LogP contribution >= 0.6 is 0 Å². The summed E-state index contributed by atoms with van der Waals surface area (Å²) in [4.78, 5) is 32.2. The Labute approximate surface area is 200 Å². The highest BCUT2D eigenvalue weighted by atomic mass is 16.5. The van der Waals surface area contributed by atoms with Crippen molar-refractivity contribution in [2.45, 2.75) is 31.8 Å². The standard InChI is InChI=1S/C25H33N3O6/c1-31-20-10-9-18(22(32-2)23(20)33-3)17-26-12-14-27(15-13-26)24(29)19-7-4-5-11-28(19)25(30)21-8-6-16-34-21/h6,8-10,16,19H,4-5,7,11-15,17H2,1-3H3. The Hall–Kier alpha value is -3.20. The number of nitrogens with zero attached hydrogens (tertiary/aromatic N) is 3. The van der Waals surface area contributed by atoms with Crippen LogP contribution in [0.25, 0.3) is 0 Å². The quantitative estimate of drug-likeness (QED) is 0.614. The molecule has 0 spiro atoms. The second-order valence-corrected chi connectivity index (χ2v) is 8.58. The second kappa shape index (κ2) is 10.8. The first kappa shape index (κ1) is 23.9. The van der Waals surface area contributed by atoms with Gasteiger partial charge in [0.1, 0.15) is 6.04 Å². The number of amides is 2. The summed E-state index contributed by atoms with van der Waals surface area (Å²) < 4.78 is 21.8. The van der Waals surface area contributed by atoms with Crippen LogP contribution in [0.1, 0.15) is 35.4 Å². The molecule has 184 valence electrons. The van der Waals surface area contributed by atoms with E-state index in [0.717, 1.165) is 31.5 Å². The summed E-state index contributed by atoms with van der Waals surface area (Å²) in [5.74, 6) is 1.97. The maximum Gasteiger partial charge on any atom is 0.290 e. The highest BCUT2D eigenvalue weighted by molar-refractivity contribution is 5.95. The normalized spacial score (nSPS) is 19.1. The number of hydrogen-bond acceptors (Lipinski definition) is 7. The fourth-order valence-corrected chi connectivity index (χ4v) is 4.84. The van der Waals surface area contributed by atoms with E-state index in [0.29, 0.717) is 49.8 Å². The molecule has 34 heavy (non-hydrogen) atoms. The number of piperazine rings is 1. The maximum absolute atomic E-state index is 13.4. The second-order valence-electron chi connectivity index (χ2n) is 8.58. The molecule has 0 radical (unpaired) electrons. The minimum Gasteiger partial charge on any atom is -0.493 e. The van der Waals surface area contributed by atoms with Gasteiger partial charge in [-0.15, -0.1) is 0 Å². The van der Waals surface area contributed by atoms with Gasteiger partial charge < -0.3 is 28.4 Å². The summed E-state index contributed by atoms with van der Waals surface area (Å²) in [5, 5.41) is 0. The van der Waals surface area contributed by atoms with Crippen LogP contribution in [0.3, 0.4) is 0 Å². The predicted octanol–water partition coefficient (Wildman–Crippen LogP) is 2.64. The van der Waals surface area contributed by atoms with E-state index in [9.17, 15) is 9.59 Å². The molecule has 1 unspecified atom stereocenters. The molecule has 2 aliphatic rings. The minimum atomic E-state index is -0.427. The summed E-state index contributed by atoms with van der Waals surface area (Å²) in [5.41, 5.74) is 1.00. The fraction of sp³-hybridized carbons (Fsp3) is 0.520. The largest absolute Gasteiger partial charge is 0.493 e. The van der Waals surface area contributed by atoms with Gasteiger partial charge in [0.15, 0.2) is 17.3 Å². The smallest absolute Gasteiger partial charge is 0.290 e. The van der Waals surface area contributed by atoms with E-state index in [2.05, 4.69) is 4.90 Å². The molecule has 0 N–H and O–H groups in total. The number of methoxy groups -OCH3 is 3. The fourth-order valence-electron chi connectivity index (χ4n) is 4.84. The summed E-state index contributed by atoms with van der Waals surface area (Å²) in [7, 11) is 4.82. The van der Waals surface area contributed by atoms with Gasteiger partial charge in [0, 0.05) is 44.8 Å². The SMILES string of the molecule is COc1ccc(CN2CCN(C(=O)C3CCCCN3C(=O)c3ccco3)CC2)c(OC)c1OC. The third-order valence-corrected chi connectivity index (χ3v) is 6.64. The highest BCUT2D eigenvalue weighted by Crippen LogP contribution is 2.40. The van der Waals surface area contributed by atoms with Crippen molar-refractivity contribution in [1.29, 1.82) is 0 Å². The van der Waals surface area contributed by atoms with Crippen LogP contribution in [-0.4, -0.2) is 86.6 Å². The Kier molecular flexibility index (Phi) is 7.62. The van der Waals surface area contributed by atoms with Gasteiger partial charge in [-0.05, 0) is 37.5 Å². The molecule has 0 aliphatic carbocycles. The third-order valence-electron chi connectivity index (χ3n) is 6.64. The molecule has 9 nitrogen and oxygen atoms in total. The Morgan fingerprint density at radius 2 is 1.71 bits per heavy atom. The first-order valence-electron chi connectivity index (χ1n) is 11.7. The molecular weight excluding hydrogens is 438 g/mol. The van der Waals surface area contributed by atoms with Gasteiger partial charge in [-0.2, -0.15) is 0 Å². The van der Waals surface area contributed by atoms with Crippen LogP contribution in [0, 0.1) is 0 Å². The molecule has 0 saturated carbocycles. The molecule has 1 aromatic heterocycles. The Morgan fingerprint density at radius 3 is 2.35 bits per heavy atom. The molecule has 2 aliphatic heterocycles. The van der Waals surface area contributed by atoms with Crippen LogP contribution in [-0.2, 0) is 11.3 Å². The number of rotatable bonds is 7. The lowest BCUT2D eigenvalue weighted by atomic mass is 10.00. The lowest BCUT2D eigenvalue weighted by Gasteiger charge is -2.40. The average molecular weight is 472 g/mol. The lowest BCUT2D eigenvalue weighted by molar-refractivity contribution is -0.139. The van der Waals surface area contributed by atoms with E-state index in [1.54, 1.807) is 38.4 Å². The van der Waals surface area contributed by atoms with Crippen LogP contribution in [0.5, 0.6) is 17.2 Å². The van der Waals surface area contributed by atoms with Crippen molar-refractivity contribution in [3.8, 4) is 17.2 Å². The summed E-state index contributed by atoms with van der Waals surface area (Å²) in [6.45, 7) is 3.97. The number of ether oxygens (including phenoxy) is 3. The number of carbonyl (C=O) groups excluding carboxylic acids is 2. The lowest BCUT2D eigenvalue weighted by Crippen LogP contribution is -2.57. The molecule has 2 saturated heterocycles. The monoisotopic (exact) mass is 471 g/mol. The van der Waals surface area contributed by atoms with Crippen LogP contribution in [0.2, 0.25) is 0 Å². The number of benzene rings is 1. The zero-order chi connectivity index (χ0) is 24.1. The Bertz CT molecular complexity index is 985. The van der Waals surface area contributed by atoms with E-state index in [4.69, 9.17) is 18.6 Å². The summed E-state index contributed by atoms with van der Waals surface area (Å²) >= 11 is 0. The number of piperidine rings is 1. The maximum atomic E-state index is 13.4. The van der Waals surface area contributed by atoms with Gasteiger partial charge in [0.05, 0.1) is 27.6 Å². The molecule has 1 atom stereocenters. The molecule has 2 aromatic rings. The number of carbonyl (C=O) groups is 2. The first-order chi connectivity index (χ1) is 16.6. The molecule has 2 amide bonds. The zero-order valence-electron chi connectivity index (χ0n) is 20.1. The van der Waals surface area contributed by atoms with Crippen molar-refractivity contribution in [1.82, 2.24) is 14.7 Å². The van der Waals surface area contributed by atoms with Crippen molar-refractivity contribution in [3.05, 3.63) is 41.9 Å². The third kappa shape index (κ3) is 4.84. The first-order valence-corrected chi connectivity index (χ1v) is 11.7. The number of furan rings is 1. The van der Waals surface area contributed by atoms with Gasteiger partial charge in [0.2, 0.25) is 11.7 Å². The van der Waals surface area contributed by atoms with Gasteiger partial charge >= 0.3 is 0 Å². The van der Waals surface area contributed by atoms with E-state index >= 15 is 0 Å². The van der Waals surface area contributed by atoms with Crippen molar-refractivity contribution in [2.75, 3.05) is 54.1 Å². The summed E-state index contributed by atoms with van der Waals surface area (Å²) in [6.07, 6.45) is 4.02. The molecule has 3 heterocycles.